The van der Waals surface area contributed by atoms with Gasteiger partial charge in [0.05, 0.1) is 5.75 Å². The number of alkyl halides is 1. The lowest BCUT2D eigenvalue weighted by molar-refractivity contribution is 0.257. The largest absolute Gasteiger partial charge is 0.299 e. The second-order valence-corrected chi connectivity index (χ2v) is 7.90. The molecule has 18 heavy (non-hydrogen) atoms. The fourth-order valence-corrected chi connectivity index (χ4v) is 5.03. The standard InChI is InChI=1S/C12H23ClN2O2S/c1-11(8-13)10-18(16,17)15-7-3-6-14-5-2-4-12(14)9-15/h11-12H,2-10H2,1H3. The van der Waals surface area contributed by atoms with Crippen molar-refractivity contribution in [2.24, 2.45) is 5.92 Å². The molecule has 2 unspecified atom stereocenters. The SMILES string of the molecule is CC(CCl)CS(=O)(=O)N1CCCN2CCCC2C1. The molecule has 0 saturated carbocycles. The van der Waals surface area contributed by atoms with Gasteiger partial charge in [0.15, 0.2) is 0 Å². The normalized spacial score (nSPS) is 28.9. The Morgan fingerprint density at radius 2 is 2.00 bits per heavy atom. The van der Waals surface area contributed by atoms with Gasteiger partial charge in [0.25, 0.3) is 0 Å². The molecule has 0 amide bonds. The maximum atomic E-state index is 12.3. The van der Waals surface area contributed by atoms with E-state index in [0.29, 0.717) is 25.0 Å². The van der Waals surface area contributed by atoms with Crippen LogP contribution in [0.4, 0.5) is 0 Å². The van der Waals surface area contributed by atoms with Gasteiger partial charge in [0.2, 0.25) is 10.0 Å². The molecule has 2 heterocycles. The second-order valence-electron chi connectivity index (χ2n) is 5.58. The summed E-state index contributed by atoms with van der Waals surface area (Å²) in [5.41, 5.74) is 0. The number of sulfonamides is 1. The van der Waals surface area contributed by atoms with Crippen molar-refractivity contribution in [1.82, 2.24) is 9.21 Å². The van der Waals surface area contributed by atoms with E-state index in [1.165, 1.54) is 6.42 Å². The summed E-state index contributed by atoms with van der Waals surface area (Å²) >= 11 is 5.73. The highest BCUT2D eigenvalue weighted by molar-refractivity contribution is 7.89. The highest BCUT2D eigenvalue weighted by Crippen LogP contribution is 2.23. The predicted molar refractivity (Wildman–Crippen MR) is 74.5 cm³/mol. The van der Waals surface area contributed by atoms with Crippen LogP contribution in [0.25, 0.3) is 0 Å². The van der Waals surface area contributed by atoms with Gasteiger partial charge in [-0.05, 0) is 38.3 Å². The minimum Gasteiger partial charge on any atom is -0.299 e. The molecule has 4 nitrogen and oxygen atoms in total. The van der Waals surface area contributed by atoms with Crippen LogP contribution in [-0.2, 0) is 10.0 Å². The molecule has 2 atom stereocenters. The Morgan fingerprint density at radius 1 is 1.28 bits per heavy atom. The summed E-state index contributed by atoms with van der Waals surface area (Å²) in [7, 11) is -3.13. The zero-order valence-electron chi connectivity index (χ0n) is 11.0. The first-order chi connectivity index (χ1) is 8.53. The van der Waals surface area contributed by atoms with E-state index in [2.05, 4.69) is 4.90 Å². The molecular weight excluding hydrogens is 272 g/mol. The molecular formula is C12H23ClN2O2S. The first kappa shape index (κ1) is 14.6. The van der Waals surface area contributed by atoms with Crippen LogP contribution in [0.2, 0.25) is 0 Å². The number of fused-ring (bicyclic) bond motifs is 1. The molecule has 6 heteroatoms. The van der Waals surface area contributed by atoms with Crippen molar-refractivity contribution in [3.63, 3.8) is 0 Å². The van der Waals surface area contributed by atoms with E-state index in [1.54, 1.807) is 4.31 Å². The fourth-order valence-electron chi connectivity index (χ4n) is 2.93. The Hall–Kier alpha value is 0.160. The molecule has 0 bridgehead atoms. The number of halogens is 1. The topological polar surface area (TPSA) is 40.6 Å². The van der Waals surface area contributed by atoms with Crippen LogP contribution in [-0.4, -0.2) is 61.5 Å². The molecule has 0 spiro atoms. The molecule has 0 aromatic heterocycles. The van der Waals surface area contributed by atoms with Gasteiger partial charge in [0, 0.05) is 25.0 Å². The Morgan fingerprint density at radius 3 is 2.72 bits per heavy atom. The minimum atomic E-state index is -3.13. The molecule has 0 radical (unpaired) electrons. The van der Waals surface area contributed by atoms with Crippen LogP contribution in [0.3, 0.4) is 0 Å². The smallest absolute Gasteiger partial charge is 0.214 e. The average molecular weight is 295 g/mol. The zero-order valence-corrected chi connectivity index (χ0v) is 12.6. The monoisotopic (exact) mass is 294 g/mol. The first-order valence-electron chi connectivity index (χ1n) is 6.81. The highest BCUT2D eigenvalue weighted by atomic mass is 35.5. The van der Waals surface area contributed by atoms with Gasteiger partial charge in [-0.25, -0.2) is 12.7 Å². The summed E-state index contributed by atoms with van der Waals surface area (Å²) in [6.07, 6.45) is 3.29. The fraction of sp³-hybridized carbons (Fsp3) is 1.00. The lowest BCUT2D eigenvalue weighted by atomic mass is 10.2. The first-order valence-corrected chi connectivity index (χ1v) is 8.95. The molecule has 0 aromatic rings. The number of hydrogen-bond donors (Lipinski definition) is 0. The third kappa shape index (κ3) is 3.38. The van der Waals surface area contributed by atoms with Crippen molar-refractivity contribution in [3.8, 4) is 0 Å². The molecule has 2 saturated heterocycles. The van der Waals surface area contributed by atoms with E-state index in [0.717, 1.165) is 25.9 Å². The quantitative estimate of drug-likeness (QED) is 0.735. The van der Waals surface area contributed by atoms with Gasteiger partial charge in [-0.15, -0.1) is 11.6 Å². The van der Waals surface area contributed by atoms with Crippen molar-refractivity contribution >= 4 is 21.6 Å². The van der Waals surface area contributed by atoms with Crippen LogP contribution < -0.4 is 0 Å². The van der Waals surface area contributed by atoms with Crippen molar-refractivity contribution in [2.45, 2.75) is 32.2 Å². The van der Waals surface area contributed by atoms with Crippen LogP contribution >= 0.6 is 11.6 Å². The van der Waals surface area contributed by atoms with Crippen LogP contribution in [0.5, 0.6) is 0 Å². The highest BCUT2D eigenvalue weighted by Gasteiger charge is 2.33. The molecule has 2 rings (SSSR count). The molecule has 0 aliphatic carbocycles. The van der Waals surface area contributed by atoms with E-state index in [1.807, 2.05) is 6.92 Å². The predicted octanol–water partition coefficient (Wildman–Crippen LogP) is 1.36. The van der Waals surface area contributed by atoms with Gasteiger partial charge in [-0.3, -0.25) is 4.90 Å². The average Bonchev–Trinajstić information content (AvgIpc) is 2.65. The van der Waals surface area contributed by atoms with E-state index >= 15 is 0 Å². The van der Waals surface area contributed by atoms with E-state index in [-0.39, 0.29) is 11.7 Å². The summed E-state index contributed by atoms with van der Waals surface area (Å²) in [6.45, 7) is 5.42. The number of rotatable bonds is 4. The second kappa shape index (κ2) is 6.07. The summed E-state index contributed by atoms with van der Waals surface area (Å²) < 4.78 is 26.4. The molecule has 106 valence electrons. The summed E-state index contributed by atoms with van der Waals surface area (Å²) in [5.74, 6) is 0.617. The van der Waals surface area contributed by atoms with E-state index in [9.17, 15) is 8.42 Å². The summed E-state index contributed by atoms with van der Waals surface area (Å²) in [6, 6.07) is 0.439. The van der Waals surface area contributed by atoms with Crippen LogP contribution in [0, 0.1) is 5.92 Å². The Balaban J connectivity index is 2.03. The molecule has 0 N–H and O–H groups in total. The molecule has 2 aliphatic rings. The van der Waals surface area contributed by atoms with Gasteiger partial charge < -0.3 is 0 Å². The number of nitrogens with zero attached hydrogens (tertiary/aromatic N) is 2. The van der Waals surface area contributed by atoms with Crippen molar-refractivity contribution in [3.05, 3.63) is 0 Å². The third-order valence-electron chi connectivity index (χ3n) is 3.92. The van der Waals surface area contributed by atoms with Gasteiger partial charge in [0.1, 0.15) is 0 Å². The maximum absolute atomic E-state index is 12.3. The van der Waals surface area contributed by atoms with Gasteiger partial charge >= 0.3 is 0 Å². The van der Waals surface area contributed by atoms with E-state index in [4.69, 9.17) is 11.6 Å². The number of hydrogen-bond acceptors (Lipinski definition) is 3. The van der Waals surface area contributed by atoms with Gasteiger partial charge in [-0.1, -0.05) is 6.92 Å². The van der Waals surface area contributed by atoms with Crippen molar-refractivity contribution in [1.29, 1.82) is 0 Å². The lowest BCUT2D eigenvalue weighted by Crippen LogP contribution is -2.41. The Kier molecular flexibility index (Phi) is 4.92. The van der Waals surface area contributed by atoms with E-state index < -0.39 is 10.0 Å². The van der Waals surface area contributed by atoms with Gasteiger partial charge in [-0.2, -0.15) is 0 Å². The minimum absolute atomic E-state index is 0.0274. The molecule has 2 aliphatic heterocycles. The van der Waals surface area contributed by atoms with Crippen molar-refractivity contribution < 1.29 is 8.42 Å². The summed E-state index contributed by atoms with van der Waals surface area (Å²) in [4.78, 5) is 2.44. The lowest BCUT2D eigenvalue weighted by Gasteiger charge is -2.26. The molecule has 2 fully saturated rings. The maximum Gasteiger partial charge on any atom is 0.214 e. The van der Waals surface area contributed by atoms with Crippen LogP contribution in [0.15, 0.2) is 0 Å². The Labute approximate surface area is 115 Å². The Bertz CT molecular complexity index is 374. The molecule has 0 aromatic carbocycles. The van der Waals surface area contributed by atoms with Crippen LogP contribution in [0.1, 0.15) is 26.2 Å². The summed E-state index contributed by atoms with van der Waals surface area (Å²) in [5, 5.41) is 0. The van der Waals surface area contributed by atoms with Crippen molar-refractivity contribution in [2.75, 3.05) is 37.8 Å². The zero-order chi connectivity index (χ0) is 13.2. The third-order valence-corrected chi connectivity index (χ3v) is 6.55.